The van der Waals surface area contributed by atoms with Crippen LogP contribution in [0.5, 0.6) is 11.5 Å². The van der Waals surface area contributed by atoms with Crippen molar-refractivity contribution in [2.24, 2.45) is 5.92 Å². The fraction of sp³-hybridized carbons (Fsp3) is 0.419. The maximum atomic E-state index is 14.9. The highest BCUT2D eigenvalue weighted by molar-refractivity contribution is 5.65. The smallest absolute Gasteiger partial charge is 0.201 e. The zero-order chi connectivity index (χ0) is 26.4. The number of ether oxygens (including phenoxy) is 2. The predicted molar refractivity (Wildman–Crippen MR) is 139 cm³/mol. The van der Waals surface area contributed by atoms with E-state index < -0.39 is 17.7 Å². The van der Waals surface area contributed by atoms with Crippen molar-refractivity contribution in [3.63, 3.8) is 0 Å². The van der Waals surface area contributed by atoms with Crippen LogP contribution in [0.25, 0.3) is 11.1 Å². The van der Waals surface area contributed by atoms with Crippen molar-refractivity contribution in [2.75, 3.05) is 13.2 Å². The van der Waals surface area contributed by atoms with Crippen LogP contribution >= 0.6 is 0 Å². The van der Waals surface area contributed by atoms with Crippen molar-refractivity contribution in [3.05, 3.63) is 83.2 Å². The highest BCUT2D eigenvalue weighted by Gasteiger charge is 2.26. The molecule has 1 fully saturated rings. The van der Waals surface area contributed by atoms with E-state index in [4.69, 9.17) is 9.47 Å². The molecule has 1 atom stereocenters. The van der Waals surface area contributed by atoms with E-state index in [-0.39, 0.29) is 35.6 Å². The molecule has 0 aliphatic heterocycles. The molecule has 3 aromatic carbocycles. The molecule has 6 heteroatoms. The van der Waals surface area contributed by atoms with Crippen LogP contribution in [0.15, 0.2) is 54.6 Å². The summed E-state index contributed by atoms with van der Waals surface area (Å²) < 4.78 is 55.3. The largest absolute Gasteiger partial charge is 0.494 e. The van der Waals surface area contributed by atoms with Crippen molar-refractivity contribution < 1.29 is 27.8 Å². The highest BCUT2D eigenvalue weighted by Crippen LogP contribution is 2.38. The number of hydrogen-bond donors (Lipinski definition) is 1. The summed E-state index contributed by atoms with van der Waals surface area (Å²) in [6.07, 6.45) is 4.23. The molecule has 3 nitrogen and oxygen atoms in total. The second kappa shape index (κ2) is 12.5. The summed E-state index contributed by atoms with van der Waals surface area (Å²) in [5, 5.41) is 10.1. The lowest BCUT2D eigenvalue weighted by atomic mass is 9.79. The lowest BCUT2D eigenvalue weighted by Crippen LogP contribution is -2.20. The van der Waals surface area contributed by atoms with Crippen molar-refractivity contribution in [2.45, 2.75) is 64.4 Å². The van der Waals surface area contributed by atoms with E-state index in [1.807, 2.05) is 26.0 Å². The summed E-state index contributed by atoms with van der Waals surface area (Å²) in [5.74, 6) is -1.42. The van der Waals surface area contributed by atoms with Crippen LogP contribution in [0.2, 0.25) is 0 Å². The first kappa shape index (κ1) is 27.1. The molecule has 0 amide bonds. The van der Waals surface area contributed by atoms with Gasteiger partial charge in [0.1, 0.15) is 11.6 Å². The third-order valence-corrected chi connectivity index (χ3v) is 7.26. The summed E-state index contributed by atoms with van der Waals surface area (Å²) in [6.45, 7) is 4.64. The van der Waals surface area contributed by atoms with Gasteiger partial charge in [-0.05, 0) is 85.8 Å². The third-order valence-electron chi connectivity index (χ3n) is 7.26. The van der Waals surface area contributed by atoms with Gasteiger partial charge in [0.05, 0.1) is 19.3 Å². The molecule has 0 aromatic heterocycles. The Morgan fingerprint density at radius 2 is 1.59 bits per heavy atom. The summed E-state index contributed by atoms with van der Waals surface area (Å²) in [6, 6.07) is 14.9. The topological polar surface area (TPSA) is 38.7 Å². The van der Waals surface area contributed by atoms with Crippen LogP contribution in [-0.2, 0) is 0 Å². The average Bonchev–Trinajstić information content (AvgIpc) is 2.90. The van der Waals surface area contributed by atoms with Gasteiger partial charge in [-0.15, -0.1) is 0 Å². The molecule has 3 aromatic rings. The molecule has 1 saturated carbocycles. The molecule has 0 spiro atoms. The van der Waals surface area contributed by atoms with Crippen molar-refractivity contribution >= 4 is 0 Å². The Kier molecular flexibility index (Phi) is 9.14. The number of benzene rings is 3. The molecule has 0 saturated heterocycles. The molecule has 0 heterocycles. The molecular weight excluding hydrogens is 477 g/mol. The molecule has 4 rings (SSSR count). The molecule has 1 N–H and O–H groups in total. The Morgan fingerprint density at radius 3 is 2.24 bits per heavy atom. The fourth-order valence-electron chi connectivity index (χ4n) is 5.13. The standard InChI is InChI=1S/C31H35F3O3/c1-3-5-28(35)23-12-10-22(11-13-23)26-16-17-29(31(34)30(26)33)37-19-20-6-8-21(9-7-20)25-15-14-24(36-4-2)18-27(25)32/h10-18,20-21,28,35H,3-9,19H2,1-2H3. The van der Waals surface area contributed by atoms with Gasteiger partial charge >= 0.3 is 0 Å². The van der Waals surface area contributed by atoms with E-state index >= 15 is 0 Å². The predicted octanol–water partition coefficient (Wildman–Crippen LogP) is 8.36. The van der Waals surface area contributed by atoms with Gasteiger partial charge in [0.15, 0.2) is 11.6 Å². The van der Waals surface area contributed by atoms with Crippen molar-refractivity contribution in [1.29, 1.82) is 0 Å². The van der Waals surface area contributed by atoms with Gasteiger partial charge < -0.3 is 14.6 Å². The number of halogens is 3. The number of aliphatic hydroxyl groups excluding tert-OH is 1. The first-order valence-electron chi connectivity index (χ1n) is 13.2. The van der Waals surface area contributed by atoms with Crippen LogP contribution in [0, 0.1) is 23.4 Å². The Labute approximate surface area is 217 Å². The van der Waals surface area contributed by atoms with E-state index in [1.54, 1.807) is 24.3 Å². The number of rotatable bonds is 10. The Hall–Kier alpha value is -2.99. The number of aliphatic hydroxyl groups is 1. The van der Waals surface area contributed by atoms with E-state index in [0.29, 0.717) is 29.9 Å². The highest BCUT2D eigenvalue weighted by atomic mass is 19.2. The second-order valence-electron chi connectivity index (χ2n) is 9.81. The van der Waals surface area contributed by atoms with E-state index in [9.17, 15) is 18.3 Å². The van der Waals surface area contributed by atoms with Gasteiger partial charge in [0.2, 0.25) is 5.82 Å². The SMILES string of the molecule is CCCC(O)c1ccc(-c2ccc(OCC3CCC(c4ccc(OCC)cc4F)CC3)c(F)c2F)cc1. The molecule has 1 unspecified atom stereocenters. The Bertz CT molecular complexity index is 1170. The minimum atomic E-state index is -1.00. The maximum absolute atomic E-state index is 14.9. The minimum absolute atomic E-state index is 0.101. The third kappa shape index (κ3) is 6.48. The summed E-state index contributed by atoms with van der Waals surface area (Å²) in [7, 11) is 0. The van der Waals surface area contributed by atoms with Gasteiger partial charge in [-0.1, -0.05) is 43.7 Å². The first-order valence-corrected chi connectivity index (χ1v) is 13.2. The van der Waals surface area contributed by atoms with Crippen LogP contribution in [0.4, 0.5) is 13.2 Å². The van der Waals surface area contributed by atoms with E-state index in [1.165, 1.54) is 18.2 Å². The van der Waals surface area contributed by atoms with Crippen LogP contribution in [-0.4, -0.2) is 18.3 Å². The van der Waals surface area contributed by atoms with Gasteiger partial charge in [-0.25, -0.2) is 8.78 Å². The molecule has 1 aliphatic carbocycles. The quantitative estimate of drug-likeness (QED) is 0.297. The fourth-order valence-corrected chi connectivity index (χ4v) is 5.13. The van der Waals surface area contributed by atoms with Crippen molar-refractivity contribution in [1.82, 2.24) is 0 Å². The van der Waals surface area contributed by atoms with E-state index in [2.05, 4.69) is 0 Å². The van der Waals surface area contributed by atoms with Crippen LogP contribution < -0.4 is 9.47 Å². The lowest BCUT2D eigenvalue weighted by Gasteiger charge is -2.29. The Balaban J connectivity index is 1.34. The summed E-state index contributed by atoms with van der Waals surface area (Å²) in [5.41, 5.74) is 2.15. The van der Waals surface area contributed by atoms with Gasteiger partial charge in [-0.3, -0.25) is 0 Å². The normalized spacial score (nSPS) is 18.4. The summed E-state index contributed by atoms with van der Waals surface area (Å²) >= 11 is 0. The van der Waals surface area contributed by atoms with Crippen molar-refractivity contribution in [3.8, 4) is 22.6 Å². The van der Waals surface area contributed by atoms with Crippen LogP contribution in [0.3, 0.4) is 0 Å². The molecule has 0 radical (unpaired) electrons. The van der Waals surface area contributed by atoms with E-state index in [0.717, 1.165) is 37.7 Å². The first-order chi connectivity index (χ1) is 17.9. The molecular formula is C31H35F3O3. The van der Waals surface area contributed by atoms with Crippen LogP contribution in [0.1, 0.15) is 75.5 Å². The van der Waals surface area contributed by atoms with Gasteiger partial charge in [0, 0.05) is 11.6 Å². The lowest BCUT2D eigenvalue weighted by molar-refractivity contribution is 0.166. The summed E-state index contributed by atoms with van der Waals surface area (Å²) in [4.78, 5) is 0. The maximum Gasteiger partial charge on any atom is 0.201 e. The molecule has 198 valence electrons. The molecule has 0 bridgehead atoms. The monoisotopic (exact) mass is 512 g/mol. The van der Waals surface area contributed by atoms with Gasteiger partial charge in [-0.2, -0.15) is 4.39 Å². The minimum Gasteiger partial charge on any atom is -0.494 e. The average molecular weight is 513 g/mol. The van der Waals surface area contributed by atoms with Gasteiger partial charge in [0.25, 0.3) is 0 Å². The Morgan fingerprint density at radius 1 is 0.865 bits per heavy atom. The molecule has 1 aliphatic rings. The molecule has 37 heavy (non-hydrogen) atoms. The second-order valence-corrected chi connectivity index (χ2v) is 9.81. The number of hydrogen-bond acceptors (Lipinski definition) is 3. The zero-order valence-corrected chi connectivity index (χ0v) is 21.5. The zero-order valence-electron chi connectivity index (χ0n) is 21.5.